The standard InChI is InChI=1S/C26H22O4/c1-2-29-24(27)26-16-21(17-10-4-3-5-11-17)18-12-6-7-13-19(18)23(26)20-14-8-9-15-22(20)30-25(26)28/h3-15,21,23H,2,16H2,1H3/t21-,23?,26-/m0/s1. The summed E-state index contributed by atoms with van der Waals surface area (Å²) in [7, 11) is 0. The van der Waals surface area contributed by atoms with E-state index < -0.39 is 23.3 Å². The van der Waals surface area contributed by atoms with Gasteiger partial charge < -0.3 is 9.47 Å². The number of hydrogen-bond acceptors (Lipinski definition) is 4. The van der Waals surface area contributed by atoms with E-state index in [1.807, 2.05) is 66.7 Å². The minimum Gasteiger partial charge on any atom is -0.465 e. The molecular weight excluding hydrogens is 376 g/mol. The first-order valence-corrected chi connectivity index (χ1v) is 10.3. The molecule has 3 atom stereocenters. The lowest BCUT2D eigenvalue weighted by molar-refractivity contribution is -0.171. The number of carbonyl (C=O) groups is 2. The van der Waals surface area contributed by atoms with E-state index in [1.165, 1.54) is 0 Å². The molecule has 0 amide bonds. The monoisotopic (exact) mass is 398 g/mol. The van der Waals surface area contributed by atoms with E-state index in [0.717, 1.165) is 22.3 Å². The van der Waals surface area contributed by atoms with E-state index in [1.54, 1.807) is 13.0 Å². The molecule has 1 unspecified atom stereocenters. The summed E-state index contributed by atoms with van der Waals surface area (Å²) in [5.41, 5.74) is 2.62. The average Bonchev–Trinajstić information content (AvgIpc) is 2.79. The topological polar surface area (TPSA) is 52.6 Å². The van der Waals surface area contributed by atoms with Crippen molar-refractivity contribution in [3.05, 3.63) is 101 Å². The minimum absolute atomic E-state index is 0.110. The minimum atomic E-state index is -1.42. The molecule has 0 aromatic heterocycles. The highest BCUT2D eigenvalue weighted by Crippen LogP contribution is 2.59. The van der Waals surface area contributed by atoms with Gasteiger partial charge in [0.15, 0.2) is 5.41 Å². The van der Waals surface area contributed by atoms with Crippen LogP contribution < -0.4 is 4.74 Å². The van der Waals surface area contributed by atoms with Gasteiger partial charge in [0, 0.05) is 17.4 Å². The van der Waals surface area contributed by atoms with Crippen LogP contribution in [0.15, 0.2) is 78.9 Å². The number of carbonyl (C=O) groups excluding carboxylic acids is 2. The predicted octanol–water partition coefficient (Wildman–Crippen LogP) is 4.82. The fraction of sp³-hybridized carbons (Fsp3) is 0.231. The van der Waals surface area contributed by atoms with Crippen molar-refractivity contribution in [2.45, 2.75) is 25.2 Å². The Bertz CT molecular complexity index is 1120. The molecule has 1 aliphatic carbocycles. The van der Waals surface area contributed by atoms with Crippen molar-refractivity contribution in [2.75, 3.05) is 6.61 Å². The summed E-state index contributed by atoms with van der Waals surface area (Å²) >= 11 is 0. The highest BCUT2D eigenvalue weighted by Gasteiger charge is 2.62. The molecule has 30 heavy (non-hydrogen) atoms. The van der Waals surface area contributed by atoms with Crippen LogP contribution in [0.25, 0.3) is 0 Å². The normalized spacial score (nSPS) is 24.1. The number of ether oxygens (including phenoxy) is 2. The molecule has 1 heterocycles. The summed E-state index contributed by atoms with van der Waals surface area (Å²) in [4.78, 5) is 26.9. The van der Waals surface area contributed by atoms with Gasteiger partial charge in [0.25, 0.3) is 0 Å². The van der Waals surface area contributed by atoms with Gasteiger partial charge in [-0.25, -0.2) is 0 Å². The van der Waals surface area contributed by atoms with Crippen molar-refractivity contribution in [1.82, 2.24) is 0 Å². The van der Waals surface area contributed by atoms with Crippen molar-refractivity contribution in [1.29, 1.82) is 0 Å². The highest BCUT2D eigenvalue weighted by atomic mass is 16.6. The summed E-state index contributed by atoms with van der Waals surface area (Å²) in [6.45, 7) is 1.97. The van der Waals surface area contributed by atoms with Gasteiger partial charge in [-0.3, -0.25) is 9.59 Å². The predicted molar refractivity (Wildman–Crippen MR) is 112 cm³/mol. The number of benzene rings is 3. The van der Waals surface area contributed by atoms with E-state index in [9.17, 15) is 9.59 Å². The first-order valence-electron chi connectivity index (χ1n) is 10.3. The Labute approximate surface area is 175 Å². The molecule has 0 spiro atoms. The zero-order valence-electron chi connectivity index (χ0n) is 16.7. The van der Waals surface area contributed by atoms with Crippen LogP contribution in [0.4, 0.5) is 0 Å². The van der Waals surface area contributed by atoms with E-state index in [4.69, 9.17) is 9.47 Å². The Morgan fingerprint density at radius 1 is 0.933 bits per heavy atom. The van der Waals surface area contributed by atoms with Gasteiger partial charge in [-0.05, 0) is 36.1 Å². The summed E-state index contributed by atoms with van der Waals surface area (Å²) in [5, 5.41) is 0. The van der Waals surface area contributed by atoms with Gasteiger partial charge in [0.2, 0.25) is 0 Å². The number of esters is 2. The Morgan fingerprint density at radius 3 is 2.30 bits per heavy atom. The third kappa shape index (κ3) is 2.60. The zero-order valence-corrected chi connectivity index (χ0v) is 16.7. The van der Waals surface area contributed by atoms with Crippen LogP contribution in [-0.2, 0) is 14.3 Å². The number of fused-ring (bicyclic) bond motifs is 5. The molecule has 3 aromatic rings. The van der Waals surface area contributed by atoms with Crippen LogP contribution in [0, 0.1) is 5.41 Å². The van der Waals surface area contributed by atoms with Crippen LogP contribution in [-0.4, -0.2) is 18.5 Å². The summed E-state index contributed by atoms with van der Waals surface area (Å²) in [5.74, 6) is -1.07. The average molecular weight is 398 g/mol. The van der Waals surface area contributed by atoms with E-state index in [2.05, 4.69) is 6.07 Å². The second kappa shape index (κ2) is 7.13. The van der Waals surface area contributed by atoms with Gasteiger partial charge in [-0.2, -0.15) is 0 Å². The lowest BCUT2D eigenvalue weighted by Crippen LogP contribution is -2.53. The van der Waals surface area contributed by atoms with Gasteiger partial charge >= 0.3 is 11.9 Å². The molecule has 5 rings (SSSR count). The van der Waals surface area contributed by atoms with Crippen LogP contribution in [0.2, 0.25) is 0 Å². The second-order valence-corrected chi connectivity index (χ2v) is 7.85. The van der Waals surface area contributed by atoms with Crippen LogP contribution in [0.3, 0.4) is 0 Å². The van der Waals surface area contributed by atoms with Gasteiger partial charge in [0.05, 0.1) is 6.61 Å². The fourth-order valence-electron chi connectivity index (χ4n) is 5.07. The molecule has 2 aliphatic rings. The molecule has 3 aromatic carbocycles. The molecule has 150 valence electrons. The Morgan fingerprint density at radius 2 is 1.57 bits per heavy atom. The molecule has 0 saturated heterocycles. The van der Waals surface area contributed by atoms with Gasteiger partial charge in [0.1, 0.15) is 5.75 Å². The number of para-hydroxylation sites is 1. The molecule has 0 radical (unpaired) electrons. The van der Waals surface area contributed by atoms with E-state index >= 15 is 0 Å². The maximum absolute atomic E-state index is 13.5. The molecular formula is C26H22O4. The first-order chi connectivity index (χ1) is 14.7. The van der Waals surface area contributed by atoms with Crippen molar-refractivity contribution in [3.8, 4) is 5.75 Å². The second-order valence-electron chi connectivity index (χ2n) is 7.85. The quantitative estimate of drug-likeness (QED) is 0.361. The van der Waals surface area contributed by atoms with Crippen LogP contribution in [0.5, 0.6) is 5.75 Å². The summed E-state index contributed by atoms with van der Waals surface area (Å²) < 4.78 is 11.2. The van der Waals surface area contributed by atoms with Crippen LogP contribution >= 0.6 is 0 Å². The van der Waals surface area contributed by atoms with Gasteiger partial charge in [-0.15, -0.1) is 0 Å². The molecule has 0 N–H and O–H groups in total. The largest absolute Gasteiger partial charge is 0.465 e. The fourth-order valence-corrected chi connectivity index (χ4v) is 5.07. The van der Waals surface area contributed by atoms with Gasteiger partial charge in [-0.1, -0.05) is 72.8 Å². The zero-order chi connectivity index (χ0) is 20.7. The third-order valence-corrected chi connectivity index (χ3v) is 6.34. The van der Waals surface area contributed by atoms with Crippen molar-refractivity contribution in [3.63, 3.8) is 0 Å². The highest BCUT2D eigenvalue weighted by molar-refractivity contribution is 6.04. The lowest BCUT2D eigenvalue weighted by atomic mass is 9.56. The number of hydrogen-bond donors (Lipinski definition) is 0. The summed E-state index contributed by atoms with van der Waals surface area (Å²) in [6, 6.07) is 25.6. The molecule has 4 heteroatoms. The Kier molecular flexibility index (Phi) is 4.43. The molecule has 0 bridgehead atoms. The maximum Gasteiger partial charge on any atom is 0.329 e. The van der Waals surface area contributed by atoms with E-state index in [-0.39, 0.29) is 12.5 Å². The molecule has 4 nitrogen and oxygen atoms in total. The maximum atomic E-state index is 13.5. The molecule has 0 saturated carbocycles. The SMILES string of the molecule is CCOC(=O)[C@]12C[C@@H](c3ccccc3)c3ccccc3C1c1ccccc1OC2=O. The molecule has 1 aliphatic heterocycles. The molecule has 0 fully saturated rings. The third-order valence-electron chi connectivity index (χ3n) is 6.34. The van der Waals surface area contributed by atoms with Crippen LogP contribution in [0.1, 0.15) is 47.4 Å². The van der Waals surface area contributed by atoms with Crippen molar-refractivity contribution < 1.29 is 19.1 Å². The lowest BCUT2D eigenvalue weighted by Gasteiger charge is -2.47. The van der Waals surface area contributed by atoms with E-state index in [0.29, 0.717) is 12.2 Å². The van der Waals surface area contributed by atoms with Crippen molar-refractivity contribution >= 4 is 11.9 Å². The first kappa shape index (κ1) is 18.6. The number of rotatable bonds is 3. The Hall–Kier alpha value is -3.40. The smallest absolute Gasteiger partial charge is 0.329 e. The Balaban J connectivity index is 1.81. The summed E-state index contributed by atoms with van der Waals surface area (Å²) in [6.07, 6.45) is 0.310. The van der Waals surface area contributed by atoms with Crippen molar-refractivity contribution in [2.24, 2.45) is 5.41 Å².